The molecule has 6 heteroatoms. The van der Waals surface area contributed by atoms with Crippen molar-refractivity contribution in [2.45, 2.75) is 37.6 Å². The van der Waals surface area contributed by atoms with E-state index in [1.54, 1.807) is 24.3 Å². The van der Waals surface area contributed by atoms with Crippen LogP contribution in [0, 0.1) is 11.3 Å². The van der Waals surface area contributed by atoms with Crippen LogP contribution in [0.1, 0.15) is 32.1 Å². The zero-order valence-electron chi connectivity index (χ0n) is 12.0. The number of hydroxylamine groups is 2. The van der Waals surface area contributed by atoms with Crippen LogP contribution in [0.3, 0.4) is 0 Å². The Bertz CT molecular complexity index is 547. The summed E-state index contributed by atoms with van der Waals surface area (Å²) in [5, 5.41) is 22.7. The fourth-order valence-corrected chi connectivity index (χ4v) is 2.62. The first-order valence-corrected chi connectivity index (χ1v) is 6.97. The smallest absolute Gasteiger partial charge is 0.347 e. The van der Waals surface area contributed by atoms with E-state index in [2.05, 4.69) is 11.4 Å². The van der Waals surface area contributed by atoms with Gasteiger partial charge in [0.25, 0.3) is 0 Å². The molecule has 0 radical (unpaired) electrons. The molecule has 0 spiro atoms. The Morgan fingerprint density at radius 2 is 2.05 bits per heavy atom. The SMILES string of the molecule is COc1ccccc1NC(=O)N(O)C1(C#N)CCCCC1. The molecule has 0 unspecified atom stereocenters. The lowest BCUT2D eigenvalue weighted by molar-refractivity contribution is -0.112. The van der Waals surface area contributed by atoms with E-state index in [-0.39, 0.29) is 0 Å². The highest BCUT2D eigenvalue weighted by atomic mass is 16.5. The van der Waals surface area contributed by atoms with Crippen molar-refractivity contribution in [3.8, 4) is 11.8 Å². The molecule has 0 heterocycles. The van der Waals surface area contributed by atoms with E-state index in [1.165, 1.54) is 7.11 Å². The van der Waals surface area contributed by atoms with E-state index in [0.29, 0.717) is 29.3 Å². The molecule has 0 bridgehead atoms. The van der Waals surface area contributed by atoms with Crippen molar-refractivity contribution in [2.24, 2.45) is 0 Å². The van der Waals surface area contributed by atoms with Gasteiger partial charge in [0, 0.05) is 0 Å². The van der Waals surface area contributed by atoms with Crippen LogP contribution in [0.5, 0.6) is 5.75 Å². The number of nitrogens with one attached hydrogen (secondary N) is 1. The predicted molar refractivity (Wildman–Crippen MR) is 77.1 cm³/mol. The van der Waals surface area contributed by atoms with Crippen molar-refractivity contribution in [1.29, 1.82) is 5.26 Å². The average Bonchev–Trinajstić information content (AvgIpc) is 2.55. The van der Waals surface area contributed by atoms with Gasteiger partial charge in [-0.3, -0.25) is 5.21 Å². The summed E-state index contributed by atoms with van der Waals surface area (Å²) in [5.41, 5.74) is -0.683. The Labute approximate surface area is 123 Å². The third kappa shape index (κ3) is 3.09. The number of amides is 2. The topological polar surface area (TPSA) is 85.6 Å². The minimum Gasteiger partial charge on any atom is -0.495 e. The lowest BCUT2D eigenvalue weighted by Crippen LogP contribution is -2.51. The van der Waals surface area contributed by atoms with Gasteiger partial charge in [0.05, 0.1) is 18.9 Å². The van der Waals surface area contributed by atoms with Crippen LogP contribution in [0.15, 0.2) is 24.3 Å². The Balaban J connectivity index is 2.14. The fourth-order valence-electron chi connectivity index (χ4n) is 2.62. The molecule has 21 heavy (non-hydrogen) atoms. The van der Waals surface area contributed by atoms with E-state index in [9.17, 15) is 15.3 Å². The number of hydrogen-bond donors (Lipinski definition) is 2. The number of anilines is 1. The first kappa shape index (κ1) is 15.1. The lowest BCUT2D eigenvalue weighted by Gasteiger charge is -2.36. The molecule has 6 nitrogen and oxygen atoms in total. The van der Waals surface area contributed by atoms with E-state index < -0.39 is 11.6 Å². The number of ether oxygens (including phenoxy) is 1. The number of hydrogen-bond acceptors (Lipinski definition) is 4. The molecular weight excluding hydrogens is 270 g/mol. The summed E-state index contributed by atoms with van der Waals surface area (Å²) >= 11 is 0. The minimum absolute atomic E-state index is 0.452. The van der Waals surface area contributed by atoms with Crippen LogP contribution in [-0.2, 0) is 0 Å². The Morgan fingerprint density at radius 3 is 2.67 bits per heavy atom. The largest absolute Gasteiger partial charge is 0.495 e. The first-order chi connectivity index (χ1) is 10.1. The van der Waals surface area contributed by atoms with Crippen LogP contribution < -0.4 is 10.1 Å². The molecule has 112 valence electrons. The number of nitriles is 1. The van der Waals surface area contributed by atoms with Gasteiger partial charge >= 0.3 is 6.03 Å². The molecule has 0 aliphatic heterocycles. The molecule has 1 aromatic rings. The molecule has 1 aliphatic carbocycles. The van der Waals surface area contributed by atoms with E-state index in [1.807, 2.05) is 0 Å². The molecular formula is C15H19N3O3. The summed E-state index contributed by atoms with van der Waals surface area (Å²) in [7, 11) is 1.50. The van der Waals surface area contributed by atoms with Crippen LogP contribution in [0.4, 0.5) is 10.5 Å². The second-order valence-corrected chi connectivity index (χ2v) is 5.15. The average molecular weight is 289 g/mol. The molecule has 2 amide bonds. The van der Waals surface area contributed by atoms with Crippen molar-refractivity contribution >= 4 is 11.7 Å². The molecule has 0 aromatic heterocycles. The monoisotopic (exact) mass is 289 g/mol. The quantitative estimate of drug-likeness (QED) is 0.661. The molecule has 0 atom stereocenters. The Morgan fingerprint density at radius 1 is 1.38 bits per heavy atom. The van der Waals surface area contributed by atoms with Gasteiger partial charge in [0.2, 0.25) is 0 Å². The molecule has 1 aromatic carbocycles. The summed E-state index contributed by atoms with van der Waals surface area (Å²) in [4.78, 5) is 12.2. The van der Waals surface area contributed by atoms with Crippen molar-refractivity contribution in [2.75, 3.05) is 12.4 Å². The molecule has 1 fully saturated rings. The van der Waals surface area contributed by atoms with Gasteiger partial charge in [0.15, 0.2) is 5.54 Å². The highest BCUT2D eigenvalue weighted by Crippen LogP contribution is 2.33. The first-order valence-electron chi connectivity index (χ1n) is 6.97. The van der Waals surface area contributed by atoms with Gasteiger partial charge in [-0.25, -0.2) is 4.79 Å². The Kier molecular flexibility index (Phi) is 4.66. The summed E-state index contributed by atoms with van der Waals surface area (Å²) < 4.78 is 5.14. The fraction of sp³-hybridized carbons (Fsp3) is 0.467. The number of carbonyl (C=O) groups is 1. The van der Waals surface area contributed by atoms with Gasteiger partial charge in [-0.2, -0.15) is 10.3 Å². The molecule has 1 aliphatic rings. The molecule has 2 N–H and O–H groups in total. The second kappa shape index (κ2) is 6.46. The predicted octanol–water partition coefficient (Wildman–Crippen LogP) is 3.14. The molecule has 1 saturated carbocycles. The summed E-state index contributed by atoms with van der Waals surface area (Å²) in [5.74, 6) is 0.494. The van der Waals surface area contributed by atoms with Crippen molar-refractivity contribution in [3.63, 3.8) is 0 Å². The zero-order valence-corrected chi connectivity index (χ0v) is 12.0. The number of urea groups is 1. The van der Waals surface area contributed by atoms with E-state index >= 15 is 0 Å². The lowest BCUT2D eigenvalue weighted by atomic mass is 9.82. The second-order valence-electron chi connectivity index (χ2n) is 5.15. The van der Waals surface area contributed by atoms with Crippen LogP contribution in [0.25, 0.3) is 0 Å². The van der Waals surface area contributed by atoms with E-state index in [4.69, 9.17) is 4.74 Å². The van der Waals surface area contributed by atoms with Crippen molar-refractivity contribution < 1.29 is 14.7 Å². The Hall–Kier alpha value is -2.26. The third-order valence-electron chi connectivity index (χ3n) is 3.84. The van der Waals surface area contributed by atoms with Crippen LogP contribution in [-0.4, -0.2) is 29.0 Å². The van der Waals surface area contributed by atoms with Gasteiger partial charge in [-0.15, -0.1) is 0 Å². The molecule has 2 rings (SSSR count). The van der Waals surface area contributed by atoms with Gasteiger partial charge in [-0.1, -0.05) is 18.6 Å². The minimum atomic E-state index is -1.13. The number of methoxy groups -OCH3 is 1. The standard InChI is InChI=1S/C15H19N3O3/c1-21-13-8-4-3-7-12(13)17-14(19)18(20)15(11-16)9-5-2-6-10-15/h3-4,7-8,20H,2,5-6,9-10H2,1H3,(H,17,19). The normalized spacial score (nSPS) is 16.6. The van der Waals surface area contributed by atoms with E-state index in [0.717, 1.165) is 19.3 Å². The zero-order chi connectivity index (χ0) is 15.3. The third-order valence-corrected chi connectivity index (χ3v) is 3.84. The molecule has 0 saturated heterocycles. The van der Waals surface area contributed by atoms with Crippen molar-refractivity contribution in [3.05, 3.63) is 24.3 Å². The number of carbonyl (C=O) groups excluding carboxylic acids is 1. The number of para-hydroxylation sites is 2. The number of rotatable bonds is 3. The maximum Gasteiger partial charge on any atom is 0.347 e. The highest BCUT2D eigenvalue weighted by molar-refractivity contribution is 5.90. The number of nitrogens with zero attached hydrogens (tertiary/aromatic N) is 2. The van der Waals surface area contributed by atoms with Crippen LogP contribution >= 0.6 is 0 Å². The van der Waals surface area contributed by atoms with Crippen molar-refractivity contribution in [1.82, 2.24) is 5.06 Å². The maximum absolute atomic E-state index is 12.2. The van der Waals surface area contributed by atoms with Gasteiger partial charge in [-0.05, 0) is 37.8 Å². The summed E-state index contributed by atoms with van der Waals surface area (Å²) in [6, 6.07) is 8.29. The maximum atomic E-state index is 12.2. The van der Waals surface area contributed by atoms with Crippen LogP contribution in [0.2, 0.25) is 0 Å². The summed E-state index contributed by atoms with van der Waals surface area (Å²) in [6.07, 6.45) is 3.64. The highest BCUT2D eigenvalue weighted by Gasteiger charge is 2.41. The summed E-state index contributed by atoms with van der Waals surface area (Å²) in [6.45, 7) is 0. The van der Waals surface area contributed by atoms with Gasteiger partial charge < -0.3 is 10.1 Å². The number of benzene rings is 1. The van der Waals surface area contributed by atoms with Gasteiger partial charge in [0.1, 0.15) is 5.75 Å².